The molecule has 0 spiro atoms. The number of hydrogen-bond acceptors (Lipinski definition) is 5. The van der Waals surface area contributed by atoms with Gasteiger partial charge in [0.15, 0.2) is 0 Å². The number of halogens is 3. The van der Waals surface area contributed by atoms with Crippen LogP contribution in [0.2, 0.25) is 0 Å². The van der Waals surface area contributed by atoms with E-state index >= 15 is 0 Å². The monoisotopic (exact) mass is 431 g/mol. The number of benzene rings is 2. The molecule has 2 aromatic carbocycles. The Hall–Kier alpha value is -3.66. The number of para-hydroxylation sites is 1. The van der Waals surface area contributed by atoms with E-state index in [0.29, 0.717) is 10.2 Å². The number of ether oxygens (including phenoxy) is 1. The molecule has 10 heteroatoms. The first-order valence-corrected chi connectivity index (χ1v) is 9.36. The van der Waals surface area contributed by atoms with Gasteiger partial charge >= 0.3 is 11.2 Å². The molecule has 3 aromatic rings. The largest absolute Gasteiger partial charge is 0.573 e. The van der Waals surface area contributed by atoms with Gasteiger partial charge in [-0.2, -0.15) is 0 Å². The quantitative estimate of drug-likeness (QED) is 0.622. The molecule has 0 fully saturated rings. The number of alkyl halides is 3. The number of anilines is 2. The Morgan fingerprint density at radius 3 is 2.70 bits per heavy atom. The lowest BCUT2D eigenvalue weighted by atomic mass is 10.1. The van der Waals surface area contributed by atoms with Crippen molar-refractivity contribution in [3.05, 3.63) is 79.2 Å². The molecule has 1 aromatic heterocycles. The summed E-state index contributed by atoms with van der Waals surface area (Å²) >= 11 is 0.850. The Balaban J connectivity index is 1.67. The van der Waals surface area contributed by atoms with Crippen LogP contribution in [0.4, 0.5) is 24.7 Å². The van der Waals surface area contributed by atoms with Crippen molar-refractivity contribution in [3.63, 3.8) is 0 Å². The number of nitrogens with zero attached hydrogens (tertiary/aromatic N) is 1. The summed E-state index contributed by atoms with van der Waals surface area (Å²) in [7, 11) is 0. The number of hydrogen-bond donors (Lipinski definition) is 2. The van der Waals surface area contributed by atoms with Crippen molar-refractivity contribution < 1.29 is 22.7 Å². The third-order valence-corrected chi connectivity index (χ3v) is 4.85. The van der Waals surface area contributed by atoms with E-state index in [0.717, 1.165) is 28.7 Å². The van der Waals surface area contributed by atoms with Gasteiger partial charge < -0.3 is 10.1 Å². The fourth-order valence-electron chi connectivity index (χ4n) is 2.81. The van der Waals surface area contributed by atoms with Gasteiger partial charge in [0.2, 0.25) is 0 Å². The van der Waals surface area contributed by atoms with Crippen LogP contribution in [0.25, 0.3) is 12.2 Å². The molecule has 30 heavy (non-hydrogen) atoms. The maximum Gasteiger partial charge on any atom is 0.573 e. The summed E-state index contributed by atoms with van der Waals surface area (Å²) in [5.41, 5.74) is 0.542. The van der Waals surface area contributed by atoms with Gasteiger partial charge in [0, 0.05) is 22.5 Å². The van der Waals surface area contributed by atoms with Crippen LogP contribution in [0.1, 0.15) is 4.88 Å². The molecule has 0 unspecified atom stereocenters. The first-order valence-electron chi connectivity index (χ1n) is 8.54. The normalized spacial score (nSPS) is 14.6. The second-order valence-corrected chi connectivity index (χ2v) is 7.19. The summed E-state index contributed by atoms with van der Waals surface area (Å²) in [6, 6.07) is 12.3. The van der Waals surface area contributed by atoms with Crippen LogP contribution >= 0.6 is 11.3 Å². The van der Waals surface area contributed by atoms with E-state index in [1.54, 1.807) is 18.2 Å². The molecular weight excluding hydrogens is 419 g/mol. The van der Waals surface area contributed by atoms with Crippen LogP contribution < -0.4 is 25.5 Å². The highest BCUT2D eigenvalue weighted by Crippen LogP contribution is 2.28. The lowest BCUT2D eigenvalue weighted by Gasteiger charge is -2.11. The topological polar surface area (TPSA) is 83.5 Å². The maximum absolute atomic E-state index is 12.4. The summed E-state index contributed by atoms with van der Waals surface area (Å²) < 4.78 is 41.2. The predicted molar refractivity (Wildman–Crippen MR) is 106 cm³/mol. The third kappa shape index (κ3) is 4.49. The number of aromatic nitrogens is 1. The highest BCUT2D eigenvalue weighted by Gasteiger charge is 2.31. The summed E-state index contributed by atoms with van der Waals surface area (Å²) in [5, 5.41) is 4.17. The van der Waals surface area contributed by atoms with Gasteiger partial charge in [0.1, 0.15) is 11.6 Å². The molecule has 1 amide bonds. The average Bonchev–Trinajstić information content (AvgIpc) is 3.00. The molecule has 152 valence electrons. The van der Waals surface area contributed by atoms with Crippen LogP contribution in [-0.4, -0.2) is 17.3 Å². The van der Waals surface area contributed by atoms with Gasteiger partial charge in [-0.1, -0.05) is 35.6 Å². The van der Waals surface area contributed by atoms with Crippen molar-refractivity contribution >= 4 is 40.9 Å². The third-order valence-electron chi connectivity index (χ3n) is 4.02. The maximum atomic E-state index is 12.4. The van der Waals surface area contributed by atoms with Gasteiger partial charge in [-0.05, 0) is 30.4 Å². The molecule has 0 aliphatic carbocycles. The molecule has 0 saturated heterocycles. The average molecular weight is 431 g/mol. The first kappa shape index (κ1) is 19.6. The fourth-order valence-corrected chi connectivity index (χ4v) is 3.55. The number of rotatable bonds is 4. The zero-order valence-electron chi connectivity index (χ0n) is 15.0. The van der Waals surface area contributed by atoms with Crippen LogP contribution in [0.15, 0.2) is 63.9 Å². The molecular formula is C20H12F3N3O3S. The SMILES string of the molecule is O=C1N=c2ccccc2=C/C1=C/c1sc(=O)[nH]c1Nc1cccc(OC(F)(F)F)c1. The zero-order valence-corrected chi connectivity index (χ0v) is 15.8. The molecule has 0 atom stereocenters. The highest BCUT2D eigenvalue weighted by atomic mass is 32.1. The van der Waals surface area contributed by atoms with Gasteiger partial charge in [-0.15, -0.1) is 13.2 Å². The van der Waals surface area contributed by atoms with E-state index in [1.807, 2.05) is 12.1 Å². The number of fused-ring (bicyclic) bond motifs is 1. The number of carbonyl (C=O) groups excluding carboxylic acids is 1. The number of H-pyrrole nitrogens is 1. The highest BCUT2D eigenvalue weighted by molar-refractivity contribution is 7.10. The minimum atomic E-state index is -4.82. The Kier molecular flexibility index (Phi) is 5.00. The Bertz CT molecular complexity index is 1340. The zero-order chi connectivity index (χ0) is 21.3. The molecule has 4 rings (SSSR count). The number of aromatic amines is 1. The molecule has 2 heterocycles. The van der Waals surface area contributed by atoms with Crippen molar-refractivity contribution in [3.8, 4) is 5.75 Å². The molecule has 1 aliphatic rings. The van der Waals surface area contributed by atoms with Crippen molar-refractivity contribution in [1.29, 1.82) is 0 Å². The number of nitrogens with one attached hydrogen (secondary N) is 2. The van der Waals surface area contributed by atoms with Crippen LogP contribution in [0, 0.1) is 0 Å². The molecule has 0 bridgehead atoms. The van der Waals surface area contributed by atoms with Crippen molar-refractivity contribution in [2.75, 3.05) is 5.32 Å². The lowest BCUT2D eigenvalue weighted by molar-refractivity contribution is -0.274. The standard InChI is InChI=1S/C20H12F3N3O3S/c21-20(22,23)29-14-6-3-5-13(10-14)24-17-16(30-19(28)26-17)9-12-8-11-4-1-2-7-15(11)25-18(12)27/h1-10,24H,(H,26,28)/b12-9-. The molecule has 2 N–H and O–H groups in total. The molecule has 0 radical (unpaired) electrons. The van der Waals surface area contributed by atoms with E-state index in [2.05, 4.69) is 20.0 Å². The van der Waals surface area contributed by atoms with E-state index < -0.39 is 22.9 Å². The van der Waals surface area contributed by atoms with Gasteiger partial charge in [0.05, 0.1) is 10.2 Å². The second kappa shape index (κ2) is 7.64. The van der Waals surface area contributed by atoms with Gasteiger partial charge in [-0.25, -0.2) is 4.99 Å². The van der Waals surface area contributed by atoms with Gasteiger partial charge in [-0.3, -0.25) is 14.6 Å². The summed E-state index contributed by atoms with van der Waals surface area (Å²) in [5.74, 6) is -0.626. The summed E-state index contributed by atoms with van der Waals surface area (Å²) in [4.78, 5) is 30.8. The van der Waals surface area contributed by atoms with Crippen LogP contribution in [0.5, 0.6) is 5.75 Å². The van der Waals surface area contributed by atoms with Crippen LogP contribution in [0.3, 0.4) is 0 Å². The van der Waals surface area contributed by atoms with Crippen molar-refractivity contribution in [1.82, 2.24) is 4.98 Å². The van der Waals surface area contributed by atoms with Crippen molar-refractivity contribution in [2.24, 2.45) is 4.99 Å². The van der Waals surface area contributed by atoms with Gasteiger partial charge in [0.25, 0.3) is 5.91 Å². The Labute approximate surface area is 170 Å². The summed E-state index contributed by atoms with van der Waals surface area (Å²) in [6.07, 6.45) is -1.65. The lowest BCUT2D eigenvalue weighted by Crippen LogP contribution is -2.29. The number of carbonyl (C=O) groups is 1. The Morgan fingerprint density at radius 1 is 1.10 bits per heavy atom. The second-order valence-electron chi connectivity index (χ2n) is 6.17. The van der Waals surface area contributed by atoms with E-state index in [-0.39, 0.29) is 17.1 Å². The van der Waals surface area contributed by atoms with Crippen molar-refractivity contribution in [2.45, 2.75) is 6.36 Å². The molecule has 1 aliphatic heterocycles. The number of amides is 1. The fraction of sp³-hybridized carbons (Fsp3) is 0.0500. The minimum absolute atomic E-state index is 0.238. The van der Waals surface area contributed by atoms with E-state index in [4.69, 9.17) is 0 Å². The Morgan fingerprint density at radius 2 is 1.90 bits per heavy atom. The molecule has 6 nitrogen and oxygen atoms in total. The summed E-state index contributed by atoms with van der Waals surface area (Å²) in [6.45, 7) is 0. The molecule has 0 saturated carbocycles. The first-order chi connectivity index (χ1) is 14.3. The van der Waals surface area contributed by atoms with E-state index in [9.17, 15) is 22.8 Å². The predicted octanol–water partition coefficient (Wildman–Crippen LogP) is 3.10. The van der Waals surface area contributed by atoms with Crippen LogP contribution in [-0.2, 0) is 4.79 Å². The van der Waals surface area contributed by atoms with E-state index in [1.165, 1.54) is 18.2 Å². The smallest absolute Gasteiger partial charge is 0.406 e. The minimum Gasteiger partial charge on any atom is -0.406 e. The number of thiazole rings is 1.